The highest BCUT2D eigenvalue weighted by atomic mass is 32.2. The van der Waals surface area contributed by atoms with Crippen molar-refractivity contribution in [3.63, 3.8) is 0 Å². The molecule has 2 aliphatic rings. The summed E-state index contributed by atoms with van der Waals surface area (Å²) in [6.07, 6.45) is 0.111. The lowest BCUT2D eigenvalue weighted by Crippen LogP contribution is -2.45. The molecule has 0 spiro atoms. The minimum atomic E-state index is -3.23. The van der Waals surface area contributed by atoms with E-state index in [4.69, 9.17) is 14.2 Å². The molecule has 2 saturated heterocycles. The lowest BCUT2D eigenvalue weighted by molar-refractivity contribution is -0.00795. The molecule has 0 aromatic rings. The summed E-state index contributed by atoms with van der Waals surface area (Å²) in [6, 6.07) is -0.295. The van der Waals surface area contributed by atoms with E-state index in [1.807, 2.05) is 6.92 Å². The number of fused-ring (bicyclic) bond motifs is 1. The van der Waals surface area contributed by atoms with Gasteiger partial charge in [-0.2, -0.15) is 0 Å². The zero-order valence-electron chi connectivity index (χ0n) is 10.1. The molecule has 0 radical (unpaired) electrons. The molecule has 2 heterocycles. The van der Waals surface area contributed by atoms with Crippen LogP contribution in [0.3, 0.4) is 0 Å². The second-order valence-electron chi connectivity index (χ2n) is 4.41. The lowest BCUT2D eigenvalue weighted by atomic mass is 10.1. The van der Waals surface area contributed by atoms with Gasteiger partial charge in [0.2, 0.25) is 10.0 Å². The first-order chi connectivity index (χ1) is 8.07. The van der Waals surface area contributed by atoms with E-state index in [1.165, 1.54) is 0 Å². The summed E-state index contributed by atoms with van der Waals surface area (Å²) >= 11 is 0. The maximum atomic E-state index is 11.7. The Hall–Kier alpha value is -0.210. The van der Waals surface area contributed by atoms with E-state index < -0.39 is 10.0 Å². The fourth-order valence-corrected chi connectivity index (χ4v) is 3.64. The van der Waals surface area contributed by atoms with E-state index >= 15 is 0 Å². The Labute approximate surface area is 102 Å². The van der Waals surface area contributed by atoms with E-state index in [2.05, 4.69) is 4.72 Å². The molecule has 4 atom stereocenters. The quantitative estimate of drug-likeness (QED) is 0.725. The first kappa shape index (κ1) is 13.2. The van der Waals surface area contributed by atoms with Crippen molar-refractivity contribution in [1.29, 1.82) is 0 Å². The van der Waals surface area contributed by atoms with E-state index in [0.29, 0.717) is 19.6 Å². The molecule has 1 N–H and O–H groups in total. The zero-order valence-corrected chi connectivity index (χ0v) is 10.9. The van der Waals surface area contributed by atoms with Crippen LogP contribution in [0.1, 0.15) is 13.3 Å². The first-order valence-corrected chi connectivity index (χ1v) is 7.48. The predicted molar refractivity (Wildman–Crippen MR) is 61.3 cm³/mol. The Bertz CT molecular complexity index is 358. The van der Waals surface area contributed by atoms with Gasteiger partial charge < -0.3 is 14.2 Å². The number of hydrogen-bond donors (Lipinski definition) is 1. The molecule has 2 rings (SSSR count). The van der Waals surface area contributed by atoms with Crippen molar-refractivity contribution in [2.24, 2.45) is 0 Å². The fourth-order valence-electron chi connectivity index (χ4n) is 2.33. The first-order valence-electron chi connectivity index (χ1n) is 5.83. The molecule has 4 unspecified atom stereocenters. The Morgan fingerprint density at radius 3 is 2.65 bits per heavy atom. The minimum Gasteiger partial charge on any atom is -0.376 e. The normalized spacial score (nSPS) is 37.3. The molecule has 0 saturated carbocycles. The smallest absolute Gasteiger partial charge is 0.212 e. The van der Waals surface area contributed by atoms with Gasteiger partial charge in [0, 0.05) is 7.11 Å². The number of methoxy groups -OCH3 is 1. The second kappa shape index (κ2) is 5.19. The number of sulfonamides is 1. The summed E-state index contributed by atoms with van der Waals surface area (Å²) in [6.45, 7) is 2.64. The molecular weight excluding hydrogens is 246 g/mol. The highest BCUT2D eigenvalue weighted by Crippen LogP contribution is 2.28. The van der Waals surface area contributed by atoms with Gasteiger partial charge in [-0.25, -0.2) is 13.1 Å². The third-order valence-corrected chi connectivity index (χ3v) is 4.72. The number of hydrogen-bond acceptors (Lipinski definition) is 5. The van der Waals surface area contributed by atoms with Crippen LogP contribution in [0.4, 0.5) is 0 Å². The highest BCUT2D eigenvalue weighted by Gasteiger charge is 2.48. The van der Waals surface area contributed by atoms with Crippen molar-refractivity contribution in [2.75, 3.05) is 26.1 Å². The molecule has 17 heavy (non-hydrogen) atoms. The second-order valence-corrected chi connectivity index (χ2v) is 6.29. The van der Waals surface area contributed by atoms with Gasteiger partial charge in [-0.1, -0.05) is 6.92 Å². The van der Waals surface area contributed by atoms with Gasteiger partial charge in [0.1, 0.15) is 18.3 Å². The van der Waals surface area contributed by atoms with Crippen LogP contribution in [-0.4, -0.2) is 58.8 Å². The van der Waals surface area contributed by atoms with Crippen LogP contribution < -0.4 is 4.72 Å². The molecule has 7 heteroatoms. The molecule has 100 valence electrons. The monoisotopic (exact) mass is 265 g/mol. The SMILES string of the molecule is CCCS(=O)(=O)NC1COC2C(OC)COC12. The van der Waals surface area contributed by atoms with E-state index in [-0.39, 0.29) is 30.1 Å². The van der Waals surface area contributed by atoms with Gasteiger partial charge >= 0.3 is 0 Å². The van der Waals surface area contributed by atoms with Crippen molar-refractivity contribution in [3.05, 3.63) is 0 Å². The number of ether oxygens (including phenoxy) is 3. The summed E-state index contributed by atoms with van der Waals surface area (Å²) in [7, 11) is -1.62. The standard InChI is InChI=1S/C10H19NO5S/c1-3-4-17(12,13)11-7-5-15-10-8(14-2)6-16-9(7)10/h7-11H,3-6H2,1-2H3. The zero-order chi connectivity index (χ0) is 12.5. The summed E-state index contributed by atoms with van der Waals surface area (Å²) in [4.78, 5) is 0. The van der Waals surface area contributed by atoms with E-state index in [9.17, 15) is 8.42 Å². The largest absolute Gasteiger partial charge is 0.376 e. The van der Waals surface area contributed by atoms with E-state index in [1.54, 1.807) is 7.11 Å². The molecule has 0 amide bonds. The molecule has 2 aliphatic heterocycles. The van der Waals surface area contributed by atoms with Gasteiger partial charge in [-0.3, -0.25) is 0 Å². The molecule has 0 aliphatic carbocycles. The molecule has 6 nitrogen and oxygen atoms in total. The van der Waals surface area contributed by atoms with Gasteiger partial charge in [0.15, 0.2) is 0 Å². The molecule has 0 aromatic carbocycles. The summed E-state index contributed by atoms with van der Waals surface area (Å²) in [5.74, 6) is 0.134. The fraction of sp³-hybridized carbons (Fsp3) is 1.00. The predicted octanol–water partition coefficient (Wildman–Crippen LogP) is -0.503. The lowest BCUT2D eigenvalue weighted by Gasteiger charge is -2.17. The molecular formula is C10H19NO5S. The maximum absolute atomic E-state index is 11.7. The van der Waals surface area contributed by atoms with E-state index in [0.717, 1.165) is 0 Å². The van der Waals surface area contributed by atoms with Gasteiger partial charge in [-0.15, -0.1) is 0 Å². The average Bonchev–Trinajstić information content (AvgIpc) is 2.80. The third-order valence-electron chi connectivity index (χ3n) is 3.11. The topological polar surface area (TPSA) is 73.9 Å². The Morgan fingerprint density at radius 1 is 1.29 bits per heavy atom. The van der Waals surface area contributed by atoms with Crippen LogP contribution in [0.2, 0.25) is 0 Å². The maximum Gasteiger partial charge on any atom is 0.212 e. The average molecular weight is 265 g/mol. The molecule has 2 fully saturated rings. The Balaban J connectivity index is 1.97. The van der Waals surface area contributed by atoms with Crippen LogP contribution >= 0.6 is 0 Å². The van der Waals surface area contributed by atoms with Crippen LogP contribution in [0.25, 0.3) is 0 Å². The highest BCUT2D eigenvalue weighted by molar-refractivity contribution is 7.89. The summed E-state index contributed by atoms with van der Waals surface area (Å²) < 4.78 is 42.3. The van der Waals surface area contributed by atoms with Crippen LogP contribution in [0, 0.1) is 0 Å². The van der Waals surface area contributed by atoms with Gasteiger partial charge in [-0.05, 0) is 6.42 Å². The van der Waals surface area contributed by atoms with Gasteiger partial charge in [0.05, 0.1) is 25.0 Å². The van der Waals surface area contributed by atoms with Crippen LogP contribution in [0.15, 0.2) is 0 Å². The summed E-state index contributed by atoms with van der Waals surface area (Å²) in [5, 5.41) is 0. The van der Waals surface area contributed by atoms with Crippen LogP contribution in [-0.2, 0) is 24.2 Å². The van der Waals surface area contributed by atoms with Gasteiger partial charge in [0.25, 0.3) is 0 Å². The van der Waals surface area contributed by atoms with Crippen LogP contribution in [0.5, 0.6) is 0 Å². The molecule has 0 aromatic heterocycles. The van der Waals surface area contributed by atoms with Crippen molar-refractivity contribution in [1.82, 2.24) is 4.72 Å². The number of nitrogens with one attached hydrogen (secondary N) is 1. The Morgan fingerprint density at radius 2 is 2.00 bits per heavy atom. The van der Waals surface area contributed by atoms with Crippen molar-refractivity contribution >= 4 is 10.0 Å². The third kappa shape index (κ3) is 2.79. The summed E-state index contributed by atoms with van der Waals surface area (Å²) in [5.41, 5.74) is 0. The Kier molecular flexibility index (Phi) is 4.04. The minimum absolute atomic E-state index is 0.0966. The van der Waals surface area contributed by atoms with Crippen molar-refractivity contribution in [3.8, 4) is 0 Å². The van der Waals surface area contributed by atoms with Crippen molar-refractivity contribution in [2.45, 2.75) is 37.7 Å². The molecule has 0 bridgehead atoms. The van der Waals surface area contributed by atoms with Crippen molar-refractivity contribution < 1.29 is 22.6 Å². The number of rotatable bonds is 5.